The molecule has 0 aliphatic heterocycles. The summed E-state index contributed by atoms with van der Waals surface area (Å²) in [5, 5.41) is 9.55. The zero-order valence-corrected chi connectivity index (χ0v) is 10.5. The van der Waals surface area contributed by atoms with Crippen LogP contribution in [-0.4, -0.2) is 21.1 Å². The first-order valence-electron chi connectivity index (χ1n) is 4.75. The lowest BCUT2D eigenvalue weighted by molar-refractivity contribution is 0.102. The van der Waals surface area contributed by atoms with Gasteiger partial charge in [0.15, 0.2) is 5.82 Å². The van der Waals surface area contributed by atoms with Crippen LogP contribution in [0, 0.1) is 13.8 Å². The molecule has 0 saturated carbocycles. The number of aromatic nitrogens is 3. The van der Waals surface area contributed by atoms with E-state index in [9.17, 15) is 4.79 Å². The topological polar surface area (TPSA) is 73.6 Å². The lowest BCUT2D eigenvalue weighted by Crippen LogP contribution is -2.13. The number of hydrogen-bond donors (Lipinski definition) is 3. The van der Waals surface area contributed by atoms with E-state index in [0.29, 0.717) is 11.5 Å². The molecule has 0 spiro atoms. The van der Waals surface area contributed by atoms with Crippen LogP contribution in [0.5, 0.6) is 0 Å². The predicted molar refractivity (Wildman–Crippen MR) is 64.5 cm³/mol. The average molecular weight is 283 g/mol. The van der Waals surface area contributed by atoms with Gasteiger partial charge in [0, 0.05) is 21.9 Å². The maximum atomic E-state index is 11.8. The fourth-order valence-corrected chi connectivity index (χ4v) is 1.62. The summed E-state index contributed by atoms with van der Waals surface area (Å²) in [6, 6.07) is 1.71. The second kappa shape index (κ2) is 4.13. The summed E-state index contributed by atoms with van der Waals surface area (Å²) in [5.41, 5.74) is 2.38. The normalized spacial score (nSPS) is 10.4. The van der Waals surface area contributed by atoms with Gasteiger partial charge >= 0.3 is 0 Å². The van der Waals surface area contributed by atoms with E-state index >= 15 is 0 Å². The number of carbonyl (C=O) groups excluding carboxylic acids is 1. The minimum absolute atomic E-state index is 0.208. The highest BCUT2D eigenvalue weighted by atomic mass is 79.9. The predicted octanol–water partition coefficient (Wildman–Crippen LogP) is 2.37. The van der Waals surface area contributed by atoms with E-state index in [1.54, 1.807) is 12.3 Å². The number of nitrogens with zero attached hydrogens (tertiary/aromatic N) is 1. The second-order valence-electron chi connectivity index (χ2n) is 3.51. The van der Waals surface area contributed by atoms with Gasteiger partial charge in [-0.3, -0.25) is 9.89 Å². The first-order chi connectivity index (χ1) is 7.58. The SMILES string of the molecule is Cc1[nH]nc(NC(=O)c2cc(Br)c[nH]2)c1C. The van der Waals surface area contributed by atoms with Crippen molar-refractivity contribution >= 4 is 27.7 Å². The molecule has 2 rings (SSSR count). The monoisotopic (exact) mass is 282 g/mol. The summed E-state index contributed by atoms with van der Waals surface area (Å²) in [6.07, 6.45) is 1.71. The number of nitrogens with one attached hydrogen (secondary N) is 3. The van der Waals surface area contributed by atoms with Crippen molar-refractivity contribution in [3.63, 3.8) is 0 Å². The number of halogens is 1. The molecule has 1 amide bonds. The van der Waals surface area contributed by atoms with Crippen LogP contribution in [0.4, 0.5) is 5.82 Å². The lowest BCUT2D eigenvalue weighted by atomic mass is 10.3. The minimum atomic E-state index is -0.208. The van der Waals surface area contributed by atoms with E-state index in [4.69, 9.17) is 0 Å². The first kappa shape index (κ1) is 10.9. The molecule has 6 heteroatoms. The Kier molecular flexibility index (Phi) is 2.82. The van der Waals surface area contributed by atoms with Crippen molar-refractivity contribution in [2.24, 2.45) is 0 Å². The molecular weight excluding hydrogens is 272 g/mol. The van der Waals surface area contributed by atoms with Crippen LogP contribution in [0.25, 0.3) is 0 Å². The van der Waals surface area contributed by atoms with E-state index in [-0.39, 0.29) is 5.91 Å². The molecule has 0 bridgehead atoms. The molecule has 5 nitrogen and oxygen atoms in total. The number of aryl methyl sites for hydroxylation is 1. The van der Waals surface area contributed by atoms with Gasteiger partial charge in [0.25, 0.3) is 5.91 Å². The Morgan fingerprint density at radius 2 is 2.25 bits per heavy atom. The third kappa shape index (κ3) is 2.01. The molecule has 84 valence electrons. The van der Waals surface area contributed by atoms with Crippen molar-refractivity contribution in [3.8, 4) is 0 Å². The van der Waals surface area contributed by atoms with Crippen molar-refractivity contribution < 1.29 is 4.79 Å². The Hall–Kier alpha value is -1.56. The quantitative estimate of drug-likeness (QED) is 0.791. The van der Waals surface area contributed by atoms with Crippen LogP contribution in [0.3, 0.4) is 0 Å². The van der Waals surface area contributed by atoms with Gasteiger partial charge in [0.2, 0.25) is 0 Å². The summed E-state index contributed by atoms with van der Waals surface area (Å²) >= 11 is 3.27. The third-order valence-corrected chi connectivity index (χ3v) is 2.84. The molecule has 0 saturated heterocycles. The van der Waals surface area contributed by atoms with Gasteiger partial charge in [0.1, 0.15) is 5.69 Å². The van der Waals surface area contributed by atoms with Crippen LogP contribution >= 0.6 is 15.9 Å². The standard InChI is InChI=1S/C10H11BrN4O/c1-5-6(2)14-15-9(5)13-10(16)8-3-7(11)4-12-8/h3-4,12H,1-2H3,(H2,13,14,15,16). The van der Waals surface area contributed by atoms with E-state index in [1.807, 2.05) is 13.8 Å². The summed E-state index contributed by atoms with van der Waals surface area (Å²) in [6.45, 7) is 3.81. The maximum absolute atomic E-state index is 11.8. The van der Waals surface area contributed by atoms with Gasteiger partial charge < -0.3 is 10.3 Å². The fraction of sp³-hybridized carbons (Fsp3) is 0.200. The Labute approximate surface area is 101 Å². The minimum Gasteiger partial charge on any atom is -0.356 e. The Morgan fingerprint density at radius 3 is 2.75 bits per heavy atom. The molecular formula is C10H11BrN4O. The molecule has 3 N–H and O–H groups in total. The van der Waals surface area contributed by atoms with Crippen molar-refractivity contribution in [2.45, 2.75) is 13.8 Å². The van der Waals surface area contributed by atoms with Crippen LogP contribution in [-0.2, 0) is 0 Å². The van der Waals surface area contributed by atoms with Crippen LogP contribution in [0.15, 0.2) is 16.7 Å². The van der Waals surface area contributed by atoms with Crippen molar-refractivity contribution in [3.05, 3.63) is 33.7 Å². The number of rotatable bonds is 2. The van der Waals surface area contributed by atoms with Gasteiger partial charge in [-0.2, -0.15) is 5.10 Å². The zero-order chi connectivity index (χ0) is 11.7. The van der Waals surface area contributed by atoms with Gasteiger partial charge in [-0.25, -0.2) is 0 Å². The highest BCUT2D eigenvalue weighted by Crippen LogP contribution is 2.16. The third-order valence-electron chi connectivity index (χ3n) is 2.38. The molecule has 0 aliphatic carbocycles. The molecule has 2 aromatic heterocycles. The van der Waals surface area contributed by atoms with Crippen molar-refractivity contribution in [2.75, 3.05) is 5.32 Å². The number of aromatic amines is 2. The highest BCUT2D eigenvalue weighted by molar-refractivity contribution is 9.10. The van der Waals surface area contributed by atoms with Gasteiger partial charge in [-0.1, -0.05) is 0 Å². The molecule has 0 unspecified atom stereocenters. The van der Waals surface area contributed by atoms with Gasteiger partial charge in [0.05, 0.1) is 0 Å². The number of hydrogen-bond acceptors (Lipinski definition) is 2. The van der Waals surface area contributed by atoms with Gasteiger partial charge in [-0.05, 0) is 35.8 Å². The lowest BCUT2D eigenvalue weighted by Gasteiger charge is -2.00. The molecule has 0 radical (unpaired) electrons. The zero-order valence-electron chi connectivity index (χ0n) is 8.89. The van der Waals surface area contributed by atoms with E-state index in [2.05, 4.69) is 36.4 Å². The Balaban J connectivity index is 2.17. The van der Waals surface area contributed by atoms with E-state index in [0.717, 1.165) is 15.7 Å². The van der Waals surface area contributed by atoms with Crippen molar-refractivity contribution in [1.82, 2.24) is 15.2 Å². The Morgan fingerprint density at radius 1 is 1.50 bits per heavy atom. The largest absolute Gasteiger partial charge is 0.356 e. The number of H-pyrrole nitrogens is 2. The van der Waals surface area contributed by atoms with Crippen LogP contribution in [0.2, 0.25) is 0 Å². The molecule has 0 aromatic carbocycles. The van der Waals surface area contributed by atoms with E-state index < -0.39 is 0 Å². The molecule has 0 aliphatic rings. The maximum Gasteiger partial charge on any atom is 0.273 e. The molecule has 0 atom stereocenters. The molecule has 2 aromatic rings. The number of carbonyl (C=O) groups is 1. The second-order valence-corrected chi connectivity index (χ2v) is 4.42. The Bertz CT molecular complexity index is 529. The number of anilines is 1. The molecule has 16 heavy (non-hydrogen) atoms. The number of amides is 1. The fourth-order valence-electron chi connectivity index (χ4n) is 1.28. The average Bonchev–Trinajstić information content (AvgIpc) is 2.79. The van der Waals surface area contributed by atoms with Crippen LogP contribution in [0.1, 0.15) is 21.7 Å². The first-order valence-corrected chi connectivity index (χ1v) is 5.54. The molecule has 0 fully saturated rings. The smallest absolute Gasteiger partial charge is 0.273 e. The molecule has 2 heterocycles. The van der Waals surface area contributed by atoms with Crippen molar-refractivity contribution in [1.29, 1.82) is 0 Å². The van der Waals surface area contributed by atoms with E-state index in [1.165, 1.54) is 0 Å². The summed E-state index contributed by atoms with van der Waals surface area (Å²) in [5.74, 6) is 0.355. The summed E-state index contributed by atoms with van der Waals surface area (Å²) < 4.78 is 0.840. The van der Waals surface area contributed by atoms with Crippen LogP contribution < -0.4 is 5.32 Å². The highest BCUT2D eigenvalue weighted by Gasteiger charge is 2.12. The summed E-state index contributed by atoms with van der Waals surface area (Å²) in [4.78, 5) is 14.6. The summed E-state index contributed by atoms with van der Waals surface area (Å²) in [7, 11) is 0. The van der Waals surface area contributed by atoms with Gasteiger partial charge in [-0.15, -0.1) is 0 Å².